The Balaban J connectivity index is 2.41. The number of aliphatic hydroxyl groups is 1. The van der Waals surface area contributed by atoms with Gasteiger partial charge in [0, 0.05) is 11.3 Å². The highest BCUT2D eigenvalue weighted by molar-refractivity contribution is 9.11. The maximum atomic E-state index is 10.2. The van der Waals surface area contributed by atoms with Crippen molar-refractivity contribution in [1.29, 1.82) is 0 Å². The van der Waals surface area contributed by atoms with Gasteiger partial charge in [0.1, 0.15) is 0 Å². The van der Waals surface area contributed by atoms with Gasteiger partial charge in [-0.25, -0.2) is 0 Å². The summed E-state index contributed by atoms with van der Waals surface area (Å²) in [5.41, 5.74) is -0.605. The van der Waals surface area contributed by atoms with Gasteiger partial charge in [0.2, 0.25) is 0 Å². The first-order valence-electron chi connectivity index (χ1n) is 5.21. The van der Waals surface area contributed by atoms with E-state index >= 15 is 0 Å². The molecule has 86 valence electrons. The maximum Gasteiger partial charge on any atom is 0.0701 e. The second-order valence-corrected chi connectivity index (χ2v) is 6.53. The van der Waals surface area contributed by atoms with E-state index in [1.54, 1.807) is 11.3 Å². The Bertz CT molecular complexity index is 299. The maximum absolute atomic E-state index is 10.2. The number of rotatable bonds is 6. The Hall–Kier alpha value is 0.1000. The summed E-state index contributed by atoms with van der Waals surface area (Å²) < 4.78 is 1.12. The van der Waals surface area contributed by atoms with Gasteiger partial charge in [-0.3, -0.25) is 0 Å². The minimum atomic E-state index is -0.605. The monoisotopic (exact) mass is 291 g/mol. The number of halogens is 1. The third-order valence-corrected chi connectivity index (χ3v) is 3.90. The molecule has 1 aromatic heterocycles. The molecule has 0 spiro atoms. The van der Waals surface area contributed by atoms with E-state index in [1.807, 2.05) is 13.0 Å². The molecule has 4 heteroatoms. The van der Waals surface area contributed by atoms with E-state index in [-0.39, 0.29) is 0 Å². The van der Waals surface area contributed by atoms with Crippen molar-refractivity contribution in [1.82, 2.24) is 5.32 Å². The molecule has 1 atom stereocenters. The fourth-order valence-electron chi connectivity index (χ4n) is 1.44. The normalized spacial score (nSPS) is 15.2. The lowest BCUT2D eigenvalue weighted by Crippen LogP contribution is -2.31. The van der Waals surface area contributed by atoms with Crippen LogP contribution < -0.4 is 5.32 Å². The zero-order chi connectivity index (χ0) is 11.3. The van der Waals surface area contributed by atoms with Crippen LogP contribution in [0.3, 0.4) is 0 Å². The Kier molecular flexibility index (Phi) is 5.26. The van der Waals surface area contributed by atoms with Gasteiger partial charge in [0.25, 0.3) is 0 Å². The van der Waals surface area contributed by atoms with Crippen LogP contribution in [0.4, 0.5) is 0 Å². The van der Waals surface area contributed by atoms with Crippen LogP contribution in [0.5, 0.6) is 0 Å². The van der Waals surface area contributed by atoms with E-state index in [0.717, 1.165) is 29.7 Å². The summed E-state index contributed by atoms with van der Waals surface area (Å²) in [4.78, 5) is 1.23. The van der Waals surface area contributed by atoms with Crippen molar-refractivity contribution in [3.05, 3.63) is 20.8 Å². The number of hydrogen-bond acceptors (Lipinski definition) is 3. The van der Waals surface area contributed by atoms with Gasteiger partial charge in [-0.15, -0.1) is 11.3 Å². The Morgan fingerprint density at radius 2 is 2.27 bits per heavy atom. The summed E-state index contributed by atoms with van der Waals surface area (Å²) in [7, 11) is 0. The summed E-state index contributed by atoms with van der Waals surface area (Å²) in [6.07, 6.45) is 1.52. The highest BCUT2D eigenvalue weighted by atomic mass is 79.9. The van der Waals surface area contributed by atoms with Gasteiger partial charge in [-0.05, 0) is 54.5 Å². The summed E-state index contributed by atoms with van der Waals surface area (Å²) in [6, 6.07) is 4.09. The average Bonchev–Trinajstić information content (AvgIpc) is 2.50. The van der Waals surface area contributed by atoms with E-state index in [9.17, 15) is 5.11 Å². The van der Waals surface area contributed by atoms with Gasteiger partial charge in [-0.2, -0.15) is 0 Å². The molecule has 2 N–H and O–H groups in total. The molecule has 0 radical (unpaired) electrons. The van der Waals surface area contributed by atoms with E-state index in [1.165, 1.54) is 4.88 Å². The van der Waals surface area contributed by atoms with Crippen LogP contribution in [0.1, 0.15) is 25.1 Å². The largest absolute Gasteiger partial charge is 0.390 e. The third-order valence-electron chi connectivity index (χ3n) is 2.27. The van der Waals surface area contributed by atoms with Gasteiger partial charge in [-0.1, -0.05) is 6.92 Å². The molecular weight excluding hydrogens is 274 g/mol. The van der Waals surface area contributed by atoms with Crippen LogP contribution >= 0.6 is 27.3 Å². The SMILES string of the molecule is CCNCCC(C)(O)Cc1ccc(Br)s1. The van der Waals surface area contributed by atoms with Gasteiger partial charge in [0.15, 0.2) is 0 Å². The molecule has 1 unspecified atom stereocenters. The van der Waals surface area contributed by atoms with Crippen molar-refractivity contribution in [2.75, 3.05) is 13.1 Å². The van der Waals surface area contributed by atoms with E-state index in [4.69, 9.17) is 0 Å². The van der Waals surface area contributed by atoms with Gasteiger partial charge in [0.05, 0.1) is 9.39 Å². The summed E-state index contributed by atoms with van der Waals surface area (Å²) in [6.45, 7) is 5.81. The predicted molar refractivity (Wildman–Crippen MR) is 69.5 cm³/mol. The highest BCUT2D eigenvalue weighted by Gasteiger charge is 2.21. The lowest BCUT2D eigenvalue weighted by Gasteiger charge is -2.22. The smallest absolute Gasteiger partial charge is 0.0701 e. The molecule has 1 heterocycles. The van der Waals surface area contributed by atoms with Crippen LogP contribution in [-0.2, 0) is 6.42 Å². The van der Waals surface area contributed by atoms with E-state index in [2.05, 4.69) is 34.2 Å². The van der Waals surface area contributed by atoms with Crippen molar-refractivity contribution in [3.63, 3.8) is 0 Å². The molecule has 0 aliphatic rings. The first kappa shape index (κ1) is 13.2. The predicted octanol–water partition coefficient (Wildman–Crippen LogP) is 2.80. The summed E-state index contributed by atoms with van der Waals surface area (Å²) >= 11 is 5.12. The molecule has 0 amide bonds. The zero-order valence-corrected chi connectivity index (χ0v) is 11.6. The molecular formula is C11H18BrNOS. The molecule has 0 saturated carbocycles. The second-order valence-electron chi connectivity index (χ2n) is 3.98. The lowest BCUT2D eigenvalue weighted by molar-refractivity contribution is 0.0525. The van der Waals surface area contributed by atoms with Crippen molar-refractivity contribution in [2.45, 2.75) is 32.3 Å². The van der Waals surface area contributed by atoms with Crippen LogP contribution in [0.15, 0.2) is 15.9 Å². The van der Waals surface area contributed by atoms with Crippen LogP contribution in [-0.4, -0.2) is 23.8 Å². The Morgan fingerprint density at radius 3 is 2.80 bits per heavy atom. The minimum Gasteiger partial charge on any atom is -0.390 e. The zero-order valence-electron chi connectivity index (χ0n) is 9.22. The first-order valence-corrected chi connectivity index (χ1v) is 6.82. The summed E-state index contributed by atoms with van der Waals surface area (Å²) in [5, 5.41) is 13.4. The molecule has 0 aromatic carbocycles. The molecule has 0 saturated heterocycles. The standard InChI is InChI=1S/C11H18BrNOS/c1-3-13-7-6-11(2,14)8-9-4-5-10(12)15-9/h4-5,13-14H,3,6-8H2,1-2H3. The third kappa shape index (κ3) is 5.11. The van der Waals surface area contributed by atoms with Crippen molar-refractivity contribution < 1.29 is 5.11 Å². The molecule has 1 aromatic rings. The molecule has 0 aliphatic heterocycles. The average molecular weight is 292 g/mol. The van der Waals surface area contributed by atoms with Crippen LogP contribution in [0.25, 0.3) is 0 Å². The molecule has 0 fully saturated rings. The van der Waals surface area contributed by atoms with Gasteiger partial charge < -0.3 is 10.4 Å². The number of hydrogen-bond donors (Lipinski definition) is 2. The van der Waals surface area contributed by atoms with Crippen molar-refractivity contribution >= 4 is 27.3 Å². The van der Waals surface area contributed by atoms with Crippen LogP contribution in [0.2, 0.25) is 0 Å². The topological polar surface area (TPSA) is 32.3 Å². The number of nitrogens with one attached hydrogen (secondary N) is 1. The fraction of sp³-hybridized carbons (Fsp3) is 0.636. The van der Waals surface area contributed by atoms with Crippen LogP contribution in [0, 0.1) is 0 Å². The highest BCUT2D eigenvalue weighted by Crippen LogP contribution is 2.26. The van der Waals surface area contributed by atoms with E-state index in [0.29, 0.717) is 0 Å². The number of thiophene rings is 1. The first-order chi connectivity index (χ1) is 7.03. The Morgan fingerprint density at radius 1 is 1.53 bits per heavy atom. The quantitative estimate of drug-likeness (QED) is 0.790. The van der Waals surface area contributed by atoms with Crippen molar-refractivity contribution in [3.8, 4) is 0 Å². The van der Waals surface area contributed by atoms with Crippen molar-refractivity contribution in [2.24, 2.45) is 0 Å². The molecule has 2 nitrogen and oxygen atoms in total. The Labute approximate surface area is 104 Å². The molecule has 0 bridgehead atoms. The molecule has 15 heavy (non-hydrogen) atoms. The minimum absolute atomic E-state index is 0.605. The van der Waals surface area contributed by atoms with E-state index < -0.39 is 5.60 Å². The molecule has 0 aliphatic carbocycles. The second kappa shape index (κ2) is 5.99. The lowest BCUT2D eigenvalue weighted by atomic mass is 9.97. The fourth-order valence-corrected chi connectivity index (χ4v) is 3.11. The van der Waals surface area contributed by atoms with Gasteiger partial charge >= 0.3 is 0 Å². The summed E-state index contributed by atoms with van der Waals surface area (Å²) in [5.74, 6) is 0. The molecule has 1 rings (SSSR count).